The van der Waals surface area contributed by atoms with Gasteiger partial charge in [-0.15, -0.1) is 6.42 Å². The Kier molecular flexibility index (Phi) is 4.95. The molecule has 0 aliphatic heterocycles. The zero-order chi connectivity index (χ0) is 14.2. The number of hydrogen-bond donors (Lipinski definition) is 0. The molecule has 1 unspecified atom stereocenters. The zero-order valence-electron chi connectivity index (χ0n) is 10.8. The van der Waals surface area contributed by atoms with Gasteiger partial charge in [-0.05, 0) is 29.8 Å². The fraction of sp³-hybridized carbons (Fsp3) is 0.111. The van der Waals surface area contributed by atoms with Crippen molar-refractivity contribution in [2.45, 2.75) is 6.10 Å². The third-order valence-corrected chi connectivity index (χ3v) is 2.63. The summed E-state index contributed by atoms with van der Waals surface area (Å²) in [5, 5.41) is 0. The molecular weight excluding hydrogens is 251 g/mol. The van der Waals surface area contributed by atoms with Crippen LogP contribution in [0.3, 0.4) is 0 Å². The van der Waals surface area contributed by atoms with Gasteiger partial charge in [-0.3, -0.25) is 0 Å². The van der Waals surface area contributed by atoms with Crippen molar-refractivity contribution in [2.24, 2.45) is 0 Å². The van der Waals surface area contributed by atoms with E-state index in [1.165, 1.54) is 12.1 Å². The maximum atomic E-state index is 12.9. The molecule has 2 rings (SSSR count). The van der Waals surface area contributed by atoms with Crippen molar-refractivity contribution in [2.75, 3.05) is 6.61 Å². The molecule has 2 aromatic carbocycles. The van der Waals surface area contributed by atoms with Crippen LogP contribution in [0.1, 0.15) is 17.2 Å². The lowest BCUT2D eigenvalue weighted by Gasteiger charge is -2.10. The number of benzene rings is 2. The third-order valence-electron chi connectivity index (χ3n) is 2.63. The molecule has 0 radical (unpaired) electrons. The van der Waals surface area contributed by atoms with Crippen LogP contribution in [-0.4, -0.2) is 6.61 Å². The predicted octanol–water partition coefficient (Wildman–Crippen LogP) is 3.57. The molecule has 0 heterocycles. The number of halogens is 1. The molecule has 0 fully saturated rings. The molecule has 0 amide bonds. The van der Waals surface area contributed by atoms with Gasteiger partial charge in [0.25, 0.3) is 0 Å². The standard InChI is InChI=1S/C18H13FO/c1-2-14-20-18(16-9-11-17(19)12-10-16)13-8-15-6-4-3-5-7-15/h1,3-7,9-12,18H,14H2. The molecule has 0 bridgehead atoms. The van der Waals surface area contributed by atoms with Gasteiger partial charge >= 0.3 is 0 Å². The van der Waals surface area contributed by atoms with Crippen LogP contribution in [0.4, 0.5) is 4.39 Å². The first-order chi connectivity index (χ1) is 9.79. The number of terminal acetylenes is 1. The summed E-state index contributed by atoms with van der Waals surface area (Å²) in [6, 6.07) is 15.6. The van der Waals surface area contributed by atoms with Crippen LogP contribution in [0.5, 0.6) is 0 Å². The van der Waals surface area contributed by atoms with Crippen LogP contribution in [0.2, 0.25) is 0 Å². The molecule has 2 aromatic rings. The van der Waals surface area contributed by atoms with E-state index in [-0.39, 0.29) is 12.4 Å². The summed E-state index contributed by atoms with van der Waals surface area (Å²) >= 11 is 0. The van der Waals surface area contributed by atoms with E-state index in [4.69, 9.17) is 11.2 Å². The summed E-state index contributed by atoms with van der Waals surface area (Å²) in [6.45, 7) is 0.158. The molecule has 0 saturated carbocycles. The summed E-state index contributed by atoms with van der Waals surface area (Å²) in [5.41, 5.74) is 1.68. The molecule has 0 saturated heterocycles. The third kappa shape index (κ3) is 3.99. The van der Waals surface area contributed by atoms with E-state index < -0.39 is 6.10 Å². The van der Waals surface area contributed by atoms with Gasteiger partial charge in [0.1, 0.15) is 18.5 Å². The first kappa shape index (κ1) is 13.9. The van der Waals surface area contributed by atoms with Crippen molar-refractivity contribution in [3.8, 4) is 24.2 Å². The molecule has 0 spiro atoms. The summed E-state index contributed by atoms with van der Waals surface area (Å²) in [4.78, 5) is 0. The molecule has 98 valence electrons. The van der Waals surface area contributed by atoms with Gasteiger partial charge < -0.3 is 4.74 Å². The van der Waals surface area contributed by atoms with Crippen LogP contribution >= 0.6 is 0 Å². The normalized spacial score (nSPS) is 11.0. The zero-order valence-corrected chi connectivity index (χ0v) is 10.8. The van der Waals surface area contributed by atoms with Gasteiger partial charge in [0.15, 0.2) is 0 Å². The number of hydrogen-bond acceptors (Lipinski definition) is 1. The highest BCUT2D eigenvalue weighted by Gasteiger charge is 2.08. The van der Waals surface area contributed by atoms with E-state index in [0.717, 1.165) is 11.1 Å². The fourth-order valence-electron chi connectivity index (χ4n) is 1.66. The Morgan fingerprint density at radius 3 is 2.40 bits per heavy atom. The molecule has 1 nitrogen and oxygen atoms in total. The topological polar surface area (TPSA) is 9.23 Å². The Balaban J connectivity index is 2.22. The molecule has 0 aromatic heterocycles. The fourth-order valence-corrected chi connectivity index (χ4v) is 1.66. The first-order valence-electron chi connectivity index (χ1n) is 6.16. The quantitative estimate of drug-likeness (QED) is 0.770. The largest absolute Gasteiger partial charge is 0.348 e. The molecule has 2 heteroatoms. The monoisotopic (exact) mass is 264 g/mol. The molecule has 0 N–H and O–H groups in total. The Bertz CT molecular complexity index is 642. The second-order valence-corrected chi connectivity index (χ2v) is 4.08. The van der Waals surface area contributed by atoms with Gasteiger partial charge in [-0.2, -0.15) is 0 Å². The molecular formula is C18H13FO. The van der Waals surface area contributed by atoms with Crippen molar-refractivity contribution in [3.05, 3.63) is 71.5 Å². The van der Waals surface area contributed by atoms with Crippen LogP contribution in [0.25, 0.3) is 0 Å². The molecule has 0 aliphatic rings. The van der Waals surface area contributed by atoms with Crippen molar-refractivity contribution in [3.63, 3.8) is 0 Å². The maximum Gasteiger partial charge on any atom is 0.145 e. The number of ether oxygens (including phenoxy) is 1. The van der Waals surface area contributed by atoms with E-state index in [1.54, 1.807) is 12.1 Å². The highest BCUT2D eigenvalue weighted by atomic mass is 19.1. The molecule has 1 atom stereocenters. The van der Waals surface area contributed by atoms with E-state index in [9.17, 15) is 4.39 Å². The van der Waals surface area contributed by atoms with Gasteiger partial charge in [0, 0.05) is 5.56 Å². The van der Waals surface area contributed by atoms with Crippen molar-refractivity contribution < 1.29 is 9.13 Å². The van der Waals surface area contributed by atoms with E-state index >= 15 is 0 Å². The smallest absolute Gasteiger partial charge is 0.145 e. The maximum absolute atomic E-state index is 12.9. The second kappa shape index (κ2) is 7.14. The Morgan fingerprint density at radius 1 is 1.05 bits per heavy atom. The lowest BCUT2D eigenvalue weighted by molar-refractivity contribution is 0.121. The minimum atomic E-state index is -0.466. The minimum absolute atomic E-state index is 0.158. The summed E-state index contributed by atoms with van der Waals surface area (Å²) in [6.07, 6.45) is 4.74. The highest BCUT2D eigenvalue weighted by Crippen LogP contribution is 2.17. The van der Waals surface area contributed by atoms with Crippen LogP contribution in [0.15, 0.2) is 54.6 Å². The Morgan fingerprint density at radius 2 is 1.75 bits per heavy atom. The van der Waals surface area contributed by atoms with Crippen molar-refractivity contribution >= 4 is 0 Å². The average molecular weight is 264 g/mol. The average Bonchev–Trinajstić information content (AvgIpc) is 2.50. The molecule has 0 aliphatic carbocycles. The second-order valence-electron chi connectivity index (χ2n) is 4.08. The van der Waals surface area contributed by atoms with Gasteiger partial charge in [-0.1, -0.05) is 48.1 Å². The van der Waals surface area contributed by atoms with E-state index in [0.29, 0.717) is 0 Å². The SMILES string of the molecule is C#CCOC(C#Cc1ccccc1)c1ccc(F)cc1. The summed E-state index contributed by atoms with van der Waals surface area (Å²) in [7, 11) is 0. The van der Waals surface area contributed by atoms with Gasteiger partial charge in [0.05, 0.1) is 0 Å². The highest BCUT2D eigenvalue weighted by molar-refractivity contribution is 5.36. The van der Waals surface area contributed by atoms with Crippen molar-refractivity contribution in [1.82, 2.24) is 0 Å². The Hall–Kier alpha value is -2.55. The lowest BCUT2D eigenvalue weighted by atomic mass is 10.1. The Labute approximate surface area is 118 Å². The minimum Gasteiger partial charge on any atom is -0.348 e. The number of rotatable bonds is 3. The van der Waals surface area contributed by atoms with Crippen LogP contribution < -0.4 is 0 Å². The van der Waals surface area contributed by atoms with E-state index in [1.807, 2.05) is 30.3 Å². The van der Waals surface area contributed by atoms with Gasteiger partial charge in [-0.25, -0.2) is 4.39 Å². The first-order valence-corrected chi connectivity index (χ1v) is 6.16. The summed E-state index contributed by atoms with van der Waals surface area (Å²) in [5.74, 6) is 8.17. The lowest BCUT2D eigenvalue weighted by Crippen LogP contribution is -2.02. The van der Waals surface area contributed by atoms with E-state index in [2.05, 4.69) is 17.8 Å². The van der Waals surface area contributed by atoms with Gasteiger partial charge in [0.2, 0.25) is 0 Å². The van der Waals surface area contributed by atoms with Crippen LogP contribution in [-0.2, 0) is 4.74 Å². The molecule has 20 heavy (non-hydrogen) atoms. The predicted molar refractivity (Wildman–Crippen MR) is 77.2 cm³/mol. The van der Waals surface area contributed by atoms with Crippen molar-refractivity contribution in [1.29, 1.82) is 0 Å². The van der Waals surface area contributed by atoms with Crippen LogP contribution in [0, 0.1) is 30.0 Å². The summed E-state index contributed by atoms with van der Waals surface area (Å²) < 4.78 is 18.5.